The number of benzene rings is 1. The Morgan fingerprint density at radius 3 is 2.47 bits per heavy atom. The second-order valence-corrected chi connectivity index (χ2v) is 11.0. The van der Waals surface area contributed by atoms with Crippen molar-refractivity contribution in [2.75, 3.05) is 51.8 Å². The molecule has 0 atom stereocenters. The number of sulfonamides is 1. The number of nitrogens with zero attached hydrogens (tertiary/aromatic N) is 2. The van der Waals surface area contributed by atoms with Gasteiger partial charge in [-0.25, -0.2) is 13.2 Å². The molecule has 2 aliphatic heterocycles. The molecule has 1 amide bonds. The lowest BCUT2D eigenvalue weighted by Crippen LogP contribution is -2.40. The van der Waals surface area contributed by atoms with Gasteiger partial charge in [-0.2, -0.15) is 4.31 Å². The van der Waals surface area contributed by atoms with Crippen molar-refractivity contribution in [2.24, 2.45) is 0 Å². The van der Waals surface area contributed by atoms with Crippen LogP contribution in [-0.2, 0) is 32.5 Å². The van der Waals surface area contributed by atoms with Crippen LogP contribution in [0.1, 0.15) is 38.1 Å². The van der Waals surface area contributed by atoms with Crippen LogP contribution >= 0.6 is 23.7 Å². The van der Waals surface area contributed by atoms with Crippen molar-refractivity contribution in [1.29, 1.82) is 0 Å². The third kappa shape index (κ3) is 5.45. The average molecular weight is 530 g/mol. The number of thiophene rings is 1. The summed E-state index contributed by atoms with van der Waals surface area (Å²) >= 11 is 1.38. The number of morpholine rings is 1. The zero-order valence-electron chi connectivity index (χ0n) is 19.0. The summed E-state index contributed by atoms with van der Waals surface area (Å²) in [6.45, 7) is 4.86. The van der Waals surface area contributed by atoms with E-state index in [1.54, 1.807) is 6.92 Å². The molecular weight excluding hydrogens is 502 g/mol. The van der Waals surface area contributed by atoms with E-state index in [2.05, 4.69) is 10.2 Å². The molecular formula is C22H28ClN3O6S2. The van der Waals surface area contributed by atoms with E-state index in [1.807, 2.05) is 7.05 Å². The number of ether oxygens (including phenoxy) is 2. The van der Waals surface area contributed by atoms with Crippen LogP contribution < -0.4 is 5.32 Å². The molecule has 9 nitrogen and oxygen atoms in total. The van der Waals surface area contributed by atoms with Gasteiger partial charge in [-0.3, -0.25) is 4.79 Å². The third-order valence-electron chi connectivity index (χ3n) is 5.68. The van der Waals surface area contributed by atoms with Crippen LogP contribution in [-0.4, -0.2) is 76.0 Å². The minimum absolute atomic E-state index is 0. The summed E-state index contributed by atoms with van der Waals surface area (Å²) in [6, 6.07) is 5.82. The van der Waals surface area contributed by atoms with Crippen LogP contribution in [0, 0.1) is 0 Å². The summed E-state index contributed by atoms with van der Waals surface area (Å²) in [5.41, 5.74) is 1.65. The summed E-state index contributed by atoms with van der Waals surface area (Å²) in [6.07, 6.45) is 0.709. The number of hydrogen-bond donors (Lipinski definition) is 1. The van der Waals surface area contributed by atoms with Gasteiger partial charge >= 0.3 is 5.97 Å². The molecule has 1 aromatic heterocycles. The van der Waals surface area contributed by atoms with Gasteiger partial charge in [-0.1, -0.05) is 0 Å². The summed E-state index contributed by atoms with van der Waals surface area (Å²) in [5, 5.41) is 3.31. The van der Waals surface area contributed by atoms with E-state index in [0.717, 1.165) is 17.0 Å². The van der Waals surface area contributed by atoms with Gasteiger partial charge in [-0.15, -0.1) is 23.7 Å². The van der Waals surface area contributed by atoms with Gasteiger partial charge in [0.25, 0.3) is 5.91 Å². The number of amides is 1. The first kappa shape index (κ1) is 26.6. The number of anilines is 1. The minimum atomic E-state index is -3.64. The van der Waals surface area contributed by atoms with Crippen LogP contribution in [0.3, 0.4) is 0 Å². The van der Waals surface area contributed by atoms with Crippen molar-refractivity contribution < 1.29 is 27.5 Å². The Morgan fingerprint density at radius 2 is 1.82 bits per heavy atom. The fraction of sp³-hybridized carbons (Fsp3) is 0.455. The number of rotatable bonds is 6. The largest absolute Gasteiger partial charge is 0.462 e. The molecule has 0 bridgehead atoms. The Bertz CT molecular complexity index is 1140. The molecule has 1 fully saturated rings. The van der Waals surface area contributed by atoms with Crippen molar-refractivity contribution in [3.05, 3.63) is 45.8 Å². The first-order valence-electron chi connectivity index (χ1n) is 10.8. The molecule has 0 aliphatic carbocycles. The fourth-order valence-electron chi connectivity index (χ4n) is 3.93. The Kier molecular flexibility index (Phi) is 8.72. The Balaban J connectivity index is 0.00000324. The van der Waals surface area contributed by atoms with Gasteiger partial charge in [0.2, 0.25) is 10.0 Å². The van der Waals surface area contributed by atoms with Crippen LogP contribution in [0.15, 0.2) is 29.2 Å². The molecule has 186 valence electrons. The highest BCUT2D eigenvalue weighted by molar-refractivity contribution is 7.89. The predicted molar refractivity (Wildman–Crippen MR) is 132 cm³/mol. The smallest absolute Gasteiger partial charge is 0.341 e. The molecule has 34 heavy (non-hydrogen) atoms. The van der Waals surface area contributed by atoms with Gasteiger partial charge in [0.15, 0.2) is 0 Å². The monoisotopic (exact) mass is 529 g/mol. The SMILES string of the molecule is CCOC(=O)c1c(NC(=O)c2ccc(S(=O)(=O)N3CCOCC3)cc2)sc2c1CCN(C)C2.Cl. The number of hydrogen-bond acceptors (Lipinski definition) is 8. The summed E-state index contributed by atoms with van der Waals surface area (Å²) in [7, 11) is -1.63. The van der Waals surface area contributed by atoms with Crippen LogP contribution in [0.5, 0.6) is 0 Å². The zero-order chi connectivity index (χ0) is 23.6. The number of carbonyl (C=O) groups is 2. The average Bonchev–Trinajstić information content (AvgIpc) is 3.16. The van der Waals surface area contributed by atoms with Crippen LogP contribution in [0.4, 0.5) is 5.00 Å². The van der Waals surface area contributed by atoms with Crippen molar-refractivity contribution in [1.82, 2.24) is 9.21 Å². The second kappa shape index (κ2) is 11.1. The third-order valence-corrected chi connectivity index (χ3v) is 8.72. The van der Waals surface area contributed by atoms with E-state index < -0.39 is 21.9 Å². The minimum Gasteiger partial charge on any atom is -0.462 e. The Labute approximate surface area is 209 Å². The molecule has 0 unspecified atom stereocenters. The van der Waals surface area contributed by atoms with E-state index in [0.29, 0.717) is 55.4 Å². The zero-order valence-corrected chi connectivity index (χ0v) is 21.5. The lowest BCUT2D eigenvalue weighted by molar-refractivity contribution is 0.0526. The van der Waals surface area contributed by atoms with E-state index in [-0.39, 0.29) is 23.9 Å². The maximum Gasteiger partial charge on any atom is 0.341 e. The maximum absolute atomic E-state index is 12.9. The van der Waals surface area contributed by atoms with E-state index in [1.165, 1.54) is 39.9 Å². The number of carbonyl (C=O) groups excluding carboxylic acids is 2. The van der Waals surface area contributed by atoms with Crippen molar-refractivity contribution in [2.45, 2.75) is 24.8 Å². The predicted octanol–water partition coefficient (Wildman–Crippen LogP) is 2.61. The molecule has 1 aromatic carbocycles. The van der Waals surface area contributed by atoms with Crippen LogP contribution in [0.2, 0.25) is 0 Å². The van der Waals surface area contributed by atoms with Crippen LogP contribution in [0.25, 0.3) is 0 Å². The van der Waals surface area contributed by atoms with Gasteiger partial charge in [-0.05, 0) is 50.2 Å². The molecule has 0 spiro atoms. The highest BCUT2D eigenvalue weighted by atomic mass is 35.5. The molecule has 1 saturated heterocycles. The normalized spacial score (nSPS) is 16.9. The number of nitrogens with one attached hydrogen (secondary N) is 1. The Morgan fingerprint density at radius 1 is 1.15 bits per heavy atom. The summed E-state index contributed by atoms with van der Waals surface area (Å²) in [5.74, 6) is -0.857. The standard InChI is InChI=1S/C22H27N3O6S2.ClH/c1-3-31-22(27)19-17-8-9-24(2)14-18(17)32-21(19)23-20(26)15-4-6-16(7-5-15)33(28,29)25-10-12-30-13-11-25;/h4-7H,3,8-14H2,1-2H3,(H,23,26);1H. The van der Waals surface area contributed by atoms with Gasteiger partial charge in [0.1, 0.15) is 5.00 Å². The first-order chi connectivity index (χ1) is 15.8. The number of esters is 1. The molecule has 0 radical (unpaired) electrons. The lowest BCUT2D eigenvalue weighted by Gasteiger charge is -2.26. The summed E-state index contributed by atoms with van der Waals surface area (Å²) < 4.78 is 37.4. The second-order valence-electron chi connectivity index (χ2n) is 7.91. The number of likely N-dealkylation sites (N-methyl/N-ethyl adjacent to an activating group) is 1. The van der Waals surface area contributed by atoms with Crippen molar-refractivity contribution >= 4 is 50.6 Å². The van der Waals surface area contributed by atoms with Gasteiger partial charge < -0.3 is 19.7 Å². The van der Waals surface area contributed by atoms with Gasteiger partial charge in [0.05, 0.1) is 30.3 Å². The molecule has 0 saturated carbocycles. The molecule has 12 heteroatoms. The van der Waals surface area contributed by atoms with Crippen molar-refractivity contribution in [3.63, 3.8) is 0 Å². The molecule has 2 aliphatic rings. The maximum atomic E-state index is 12.9. The molecule has 3 heterocycles. The number of fused-ring (bicyclic) bond motifs is 1. The first-order valence-corrected chi connectivity index (χ1v) is 13.1. The van der Waals surface area contributed by atoms with E-state index >= 15 is 0 Å². The topological polar surface area (TPSA) is 105 Å². The molecule has 1 N–H and O–H groups in total. The highest BCUT2D eigenvalue weighted by Crippen LogP contribution is 2.37. The quantitative estimate of drug-likeness (QED) is 0.573. The lowest BCUT2D eigenvalue weighted by atomic mass is 10.0. The van der Waals surface area contributed by atoms with Crippen molar-refractivity contribution in [3.8, 4) is 0 Å². The fourth-order valence-corrected chi connectivity index (χ4v) is 6.65. The number of halogens is 1. The van der Waals surface area contributed by atoms with E-state index in [4.69, 9.17) is 9.47 Å². The van der Waals surface area contributed by atoms with E-state index in [9.17, 15) is 18.0 Å². The summed E-state index contributed by atoms with van der Waals surface area (Å²) in [4.78, 5) is 28.9. The molecule has 2 aromatic rings. The highest BCUT2D eigenvalue weighted by Gasteiger charge is 2.29. The molecule has 4 rings (SSSR count). The Hall–Kier alpha value is -2.02. The van der Waals surface area contributed by atoms with Gasteiger partial charge in [0, 0.05) is 36.6 Å².